The van der Waals surface area contributed by atoms with E-state index in [1.807, 2.05) is 0 Å². The molecule has 4 aliphatic carbocycles. The maximum absolute atomic E-state index is 12.0. The number of ether oxygens (including phenoxy) is 1. The van der Waals surface area contributed by atoms with Crippen LogP contribution in [0.4, 0.5) is 0 Å². The lowest BCUT2D eigenvalue weighted by Gasteiger charge is -2.67. The molecule has 4 aliphatic rings. The summed E-state index contributed by atoms with van der Waals surface area (Å²) in [4.78, 5) is 12.0. The Morgan fingerprint density at radius 1 is 1.21 bits per heavy atom. The van der Waals surface area contributed by atoms with Crippen molar-refractivity contribution in [3.05, 3.63) is 12.2 Å². The van der Waals surface area contributed by atoms with E-state index in [1.165, 1.54) is 32.1 Å². The second kappa shape index (κ2) is 3.65. The molecule has 19 heavy (non-hydrogen) atoms. The van der Waals surface area contributed by atoms with Gasteiger partial charge in [-0.2, -0.15) is 0 Å². The van der Waals surface area contributed by atoms with Crippen molar-refractivity contribution in [3.8, 4) is 0 Å². The van der Waals surface area contributed by atoms with Crippen LogP contribution in [0, 0.1) is 22.7 Å². The summed E-state index contributed by atoms with van der Waals surface area (Å²) in [6, 6.07) is 0. The van der Waals surface area contributed by atoms with E-state index in [0.717, 1.165) is 5.92 Å². The first kappa shape index (κ1) is 13.2. The van der Waals surface area contributed by atoms with Crippen molar-refractivity contribution in [2.24, 2.45) is 22.7 Å². The van der Waals surface area contributed by atoms with Gasteiger partial charge in [-0.1, -0.05) is 20.4 Å². The zero-order valence-electron chi connectivity index (χ0n) is 12.7. The Balaban J connectivity index is 1.94. The van der Waals surface area contributed by atoms with Gasteiger partial charge in [0, 0.05) is 11.0 Å². The van der Waals surface area contributed by atoms with Crippen molar-refractivity contribution >= 4 is 5.97 Å². The first-order valence-corrected chi connectivity index (χ1v) is 7.56. The molecule has 5 unspecified atom stereocenters. The van der Waals surface area contributed by atoms with Crippen LogP contribution in [0.15, 0.2) is 12.2 Å². The van der Waals surface area contributed by atoms with Crippen LogP contribution in [0.3, 0.4) is 0 Å². The molecule has 4 bridgehead atoms. The highest BCUT2D eigenvalue weighted by Crippen LogP contribution is 2.69. The van der Waals surface area contributed by atoms with Crippen LogP contribution >= 0.6 is 0 Å². The molecule has 2 heteroatoms. The van der Waals surface area contributed by atoms with Gasteiger partial charge < -0.3 is 4.74 Å². The van der Waals surface area contributed by atoms with Crippen molar-refractivity contribution in [2.75, 3.05) is 0 Å². The Hall–Kier alpha value is -0.790. The third kappa shape index (κ3) is 1.71. The Morgan fingerprint density at radius 3 is 2.42 bits per heavy atom. The summed E-state index contributed by atoms with van der Waals surface area (Å²) in [6.45, 7) is 12.4. The molecule has 0 aromatic rings. The molecule has 106 valence electrons. The van der Waals surface area contributed by atoms with Crippen LogP contribution < -0.4 is 0 Å². The fourth-order valence-electron chi connectivity index (χ4n) is 5.67. The first-order chi connectivity index (χ1) is 8.67. The third-order valence-electron chi connectivity index (χ3n) is 6.33. The molecule has 0 N–H and O–H groups in total. The van der Waals surface area contributed by atoms with Gasteiger partial charge in [0.15, 0.2) is 0 Å². The highest BCUT2D eigenvalue weighted by atomic mass is 16.6. The van der Waals surface area contributed by atoms with Crippen molar-refractivity contribution < 1.29 is 9.53 Å². The molecule has 4 rings (SSSR count). The summed E-state index contributed by atoms with van der Waals surface area (Å²) >= 11 is 0. The van der Waals surface area contributed by atoms with Gasteiger partial charge >= 0.3 is 5.97 Å². The molecule has 0 aromatic carbocycles. The Morgan fingerprint density at radius 2 is 1.89 bits per heavy atom. The van der Waals surface area contributed by atoms with Crippen LogP contribution in [0.5, 0.6) is 0 Å². The predicted molar refractivity (Wildman–Crippen MR) is 75.6 cm³/mol. The van der Waals surface area contributed by atoms with Crippen LogP contribution in [0.2, 0.25) is 0 Å². The summed E-state index contributed by atoms with van der Waals surface area (Å²) in [6.07, 6.45) is 6.26. The molecule has 0 amide bonds. The monoisotopic (exact) mass is 262 g/mol. The summed E-state index contributed by atoms with van der Waals surface area (Å²) in [5.74, 6) is 1.17. The number of carbonyl (C=O) groups excluding carboxylic acids is 1. The number of esters is 1. The average Bonchev–Trinajstić information content (AvgIpc) is 2.23. The van der Waals surface area contributed by atoms with Crippen molar-refractivity contribution in [3.63, 3.8) is 0 Å². The maximum atomic E-state index is 12.0. The van der Waals surface area contributed by atoms with Gasteiger partial charge in [-0.05, 0) is 63.2 Å². The van der Waals surface area contributed by atoms with E-state index >= 15 is 0 Å². The van der Waals surface area contributed by atoms with Crippen molar-refractivity contribution in [1.29, 1.82) is 0 Å². The topological polar surface area (TPSA) is 26.3 Å². The number of carbonyl (C=O) groups is 1. The van der Waals surface area contributed by atoms with E-state index in [2.05, 4.69) is 27.4 Å². The molecular weight excluding hydrogens is 236 g/mol. The van der Waals surface area contributed by atoms with Gasteiger partial charge in [0.25, 0.3) is 0 Å². The van der Waals surface area contributed by atoms with Gasteiger partial charge in [0.05, 0.1) is 0 Å². The van der Waals surface area contributed by atoms with Gasteiger partial charge in [-0.15, -0.1) is 0 Å². The second-order valence-corrected chi connectivity index (χ2v) is 8.24. The molecule has 4 saturated carbocycles. The van der Waals surface area contributed by atoms with E-state index in [0.29, 0.717) is 16.9 Å². The fourth-order valence-corrected chi connectivity index (χ4v) is 5.67. The van der Waals surface area contributed by atoms with Gasteiger partial charge in [0.2, 0.25) is 0 Å². The molecule has 0 heterocycles. The van der Waals surface area contributed by atoms with E-state index in [-0.39, 0.29) is 17.0 Å². The minimum atomic E-state index is -0.292. The van der Waals surface area contributed by atoms with E-state index in [4.69, 9.17) is 4.74 Å². The fraction of sp³-hybridized carbons (Fsp3) is 0.824. The Labute approximate surface area is 116 Å². The molecule has 4 fully saturated rings. The molecule has 0 radical (unpaired) electrons. The first-order valence-electron chi connectivity index (χ1n) is 7.56. The average molecular weight is 262 g/mol. The standard InChI is InChI=1S/C17H26O2/c1-11(2)14(18)19-17(5)13-6-12-7-15(3,9-13)10-16(17,4)8-12/h12-13H,1,6-10H2,2-5H3. The van der Waals surface area contributed by atoms with Crippen LogP contribution in [-0.2, 0) is 9.53 Å². The predicted octanol–water partition coefficient (Wildman–Crippen LogP) is 4.10. The smallest absolute Gasteiger partial charge is 0.333 e. The highest BCUT2D eigenvalue weighted by molar-refractivity contribution is 5.87. The van der Waals surface area contributed by atoms with E-state index in [1.54, 1.807) is 6.92 Å². The summed E-state index contributed by atoms with van der Waals surface area (Å²) < 4.78 is 5.99. The zero-order valence-corrected chi connectivity index (χ0v) is 12.7. The highest BCUT2D eigenvalue weighted by Gasteiger charge is 2.66. The number of rotatable bonds is 2. The van der Waals surface area contributed by atoms with Crippen LogP contribution in [0.1, 0.15) is 59.8 Å². The van der Waals surface area contributed by atoms with Crippen molar-refractivity contribution in [1.82, 2.24) is 0 Å². The normalized spacial score (nSPS) is 51.2. The van der Waals surface area contributed by atoms with Crippen molar-refractivity contribution in [2.45, 2.75) is 65.4 Å². The molecule has 0 spiro atoms. The molecule has 2 nitrogen and oxygen atoms in total. The second-order valence-electron chi connectivity index (χ2n) is 8.24. The summed E-state index contributed by atoms with van der Waals surface area (Å²) in [7, 11) is 0. The van der Waals surface area contributed by atoms with Gasteiger partial charge in [-0.3, -0.25) is 0 Å². The zero-order chi connectivity index (χ0) is 14.1. The van der Waals surface area contributed by atoms with Crippen LogP contribution in [-0.4, -0.2) is 11.6 Å². The van der Waals surface area contributed by atoms with Crippen LogP contribution in [0.25, 0.3) is 0 Å². The Kier molecular flexibility index (Phi) is 2.54. The Bertz CT molecular complexity index is 454. The molecule has 0 aliphatic heterocycles. The molecule has 0 saturated heterocycles. The van der Waals surface area contributed by atoms with E-state index < -0.39 is 0 Å². The van der Waals surface area contributed by atoms with Gasteiger partial charge in [-0.25, -0.2) is 4.79 Å². The maximum Gasteiger partial charge on any atom is 0.333 e. The van der Waals surface area contributed by atoms with Gasteiger partial charge in [0.1, 0.15) is 5.60 Å². The quantitative estimate of drug-likeness (QED) is 0.553. The largest absolute Gasteiger partial charge is 0.455 e. The molecule has 0 aromatic heterocycles. The lowest BCUT2D eigenvalue weighted by molar-refractivity contribution is -0.248. The minimum absolute atomic E-state index is 0.150. The SMILES string of the molecule is C=C(C)C(=O)OC1(C)C2CC3CC(C)(C2)CC1(C)C3. The summed E-state index contributed by atoms with van der Waals surface area (Å²) in [5, 5.41) is 0. The molecule has 5 atom stereocenters. The minimum Gasteiger partial charge on any atom is -0.455 e. The van der Waals surface area contributed by atoms with E-state index in [9.17, 15) is 4.79 Å². The number of hydrogen-bond acceptors (Lipinski definition) is 2. The summed E-state index contributed by atoms with van der Waals surface area (Å²) in [5.41, 5.74) is 0.858. The lowest BCUT2D eigenvalue weighted by atomic mass is 9.40. The molecular formula is C17H26O2. The third-order valence-corrected chi connectivity index (χ3v) is 6.33. The lowest BCUT2D eigenvalue weighted by Crippen LogP contribution is -2.65. The number of hydrogen-bond donors (Lipinski definition) is 0.